The molecule has 0 atom stereocenters. The van der Waals surface area contributed by atoms with Crippen LogP contribution in [-0.2, 0) is 13.6 Å². The molecule has 3 aromatic rings. The number of rotatable bonds is 4. The number of aromatic amines is 1. The van der Waals surface area contributed by atoms with Crippen molar-refractivity contribution in [3.05, 3.63) is 46.6 Å². The molecule has 0 saturated heterocycles. The highest BCUT2D eigenvalue weighted by atomic mass is 32.1. The van der Waals surface area contributed by atoms with Crippen LogP contribution in [-0.4, -0.2) is 25.4 Å². The summed E-state index contributed by atoms with van der Waals surface area (Å²) in [5.41, 5.74) is 2.45. The third-order valence-corrected chi connectivity index (χ3v) is 3.90. The molecule has 0 radical (unpaired) electrons. The van der Waals surface area contributed by atoms with Crippen molar-refractivity contribution in [2.45, 2.75) is 13.5 Å². The van der Waals surface area contributed by atoms with Gasteiger partial charge in [0.2, 0.25) is 0 Å². The maximum Gasteiger partial charge on any atom is 0.268 e. The highest BCUT2D eigenvalue weighted by Crippen LogP contribution is 2.23. The van der Waals surface area contributed by atoms with Crippen LogP contribution in [0.1, 0.15) is 21.3 Å². The van der Waals surface area contributed by atoms with E-state index in [4.69, 9.17) is 0 Å². The van der Waals surface area contributed by atoms with Crippen molar-refractivity contribution in [3.8, 4) is 11.3 Å². The summed E-state index contributed by atoms with van der Waals surface area (Å²) in [7, 11) is 1.85. The monoisotopic (exact) mass is 301 g/mol. The average Bonchev–Trinajstić information content (AvgIpc) is 3.16. The minimum absolute atomic E-state index is 0.132. The zero-order valence-electron chi connectivity index (χ0n) is 11.8. The summed E-state index contributed by atoms with van der Waals surface area (Å²) in [5.74, 6) is 0.597. The standard InChI is InChI=1S/C14H15N5OS/c1-9-18-11(8-21-9)10-5-12(19(2)7-10)14(20)17-6-13-15-3-4-16-13/h3-5,7-8H,6H2,1-2H3,(H,15,16)(H,17,20). The Balaban J connectivity index is 1.76. The van der Waals surface area contributed by atoms with E-state index < -0.39 is 0 Å². The van der Waals surface area contributed by atoms with E-state index in [9.17, 15) is 4.79 Å². The molecule has 1 amide bonds. The van der Waals surface area contributed by atoms with Gasteiger partial charge in [0.1, 0.15) is 11.5 Å². The molecule has 21 heavy (non-hydrogen) atoms. The Bertz CT molecular complexity index is 756. The Morgan fingerprint density at radius 3 is 3.05 bits per heavy atom. The lowest BCUT2D eigenvalue weighted by Crippen LogP contribution is -2.25. The molecule has 2 N–H and O–H groups in total. The molecule has 0 saturated carbocycles. The third kappa shape index (κ3) is 2.87. The zero-order valence-corrected chi connectivity index (χ0v) is 12.6. The quantitative estimate of drug-likeness (QED) is 0.775. The number of carbonyl (C=O) groups excluding carboxylic acids is 1. The molecule has 7 heteroatoms. The molecule has 0 aliphatic carbocycles. The van der Waals surface area contributed by atoms with Crippen molar-refractivity contribution < 1.29 is 4.79 Å². The van der Waals surface area contributed by atoms with Crippen LogP contribution >= 0.6 is 11.3 Å². The summed E-state index contributed by atoms with van der Waals surface area (Å²) in [6, 6.07) is 1.85. The number of imidazole rings is 1. The van der Waals surface area contributed by atoms with Gasteiger partial charge in [-0.3, -0.25) is 4.79 Å². The smallest absolute Gasteiger partial charge is 0.268 e. The Morgan fingerprint density at radius 2 is 2.38 bits per heavy atom. The molecule has 3 aromatic heterocycles. The number of thiazole rings is 1. The second-order valence-electron chi connectivity index (χ2n) is 4.70. The first-order valence-electron chi connectivity index (χ1n) is 6.49. The minimum Gasteiger partial charge on any atom is -0.347 e. The first-order valence-corrected chi connectivity index (χ1v) is 7.37. The number of aromatic nitrogens is 4. The van der Waals surface area contributed by atoms with Gasteiger partial charge in [-0.1, -0.05) is 0 Å². The fourth-order valence-electron chi connectivity index (χ4n) is 2.08. The Kier molecular flexibility index (Phi) is 3.57. The van der Waals surface area contributed by atoms with Crippen LogP contribution in [0.4, 0.5) is 0 Å². The predicted octanol–water partition coefficient (Wildman–Crippen LogP) is 2.11. The highest BCUT2D eigenvalue weighted by Gasteiger charge is 2.14. The fraction of sp³-hybridized carbons (Fsp3) is 0.214. The molecule has 0 unspecified atom stereocenters. The molecule has 0 aliphatic rings. The normalized spacial score (nSPS) is 10.8. The van der Waals surface area contributed by atoms with Crippen LogP contribution in [0.3, 0.4) is 0 Å². The third-order valence-electron chi connectivity index (χ3n) is 3.12. The van der Waals surface area contributed by atoms with Gasteiger partial charge in [0, 0.05) is 36.6 Å². The topological polar surface area (TPSA) is 75.6 Å². The van der Waals surface area contributed by atoms with Crippen LogP contribution < -0.4 is 5.32 Å². The van der Waals surface area contributed by atoms with Crippen molar-refractivity contribution >= 4 is 17.2 Å². The van der Waals surface area contributed by atoms with Gasteiger partial charge in [-0.25, -0.2) is 9.97 Å². The largest absolute Gasteiger partial charge is 0.347 e. The lowest BCUT2D eigenvalue weighted by Gasteiger charge is -2.03. The Hall–Kier alpha value is -2.41. The van der Waals surface area contributed by atoms with Gasteiger partial charge in [-0.2, -0.15) is 0 Å². The number of nitrogens with zero attached hydrogens (tertiary/aromatic N) is 3. The number of hydrogen-bond acceptors (Lipinski definition) is 4. The van der Waals surface area contributed by atoms with Gasteiger partial charge in [0.15, 0.2) is 0 Å². The Labute approximate surface area is 125 Å². The van der Waals surface area contributed by atoms with Crippen LogP contribution in [0, 0.1) is 6.92 Å². The lowest BCUT2D eigenvalue weighted by molar-refractivity contribution is 0.0942. The molecule has 0 aromatic carbocycles. The molecule has 6 nitrogen and oxygen atoms in total. The van der Waals surface area contributed by atoms with Crippen molar-refractivity contribution in [2.75, 3.05) is 0 Å². The van der Waals surface area contributed by atoms with E-state index in [1.54, 1.807) is 23.7 Å². The number of nitrogens with one attached hydrogen (secondary N) is 2. The van der Waals surface area contributed by atoms with Crippen molar-refractivity contribution in [1.82, 2.24) is 24.8 Å². The summed E-state index contributed by atoms with van der Waals surface area (Å²) in [6.45, 7) is 2.34. The second-order valence-corrected chi connectivity index (χ2v) is 5.76. The zero-order chi connectivity index (χ0) is 14.8. The van der Waals surface area contributed by atoms with E-state index in [-0.39, 0.29) is 5.91 Å². The lowest BCUT2D eigenvalue weighted by atomic mass is 10.2. The average molecular weight is 301 g/mol. The summed E-state index contributed by atoms with van der Waals surface area (Å²) >= 11 is 1.60. The molecule has 108 valence electrons. The van der Waals surface area contributed by atoms with Crippen LogP contribution in [0.5, 0.6) is 0 Å². The first kappa shape index (κ1) is 13.6. The molecule has 0 bridgehead atoms. The van der Waals surface area contributed by atoms with E-state index in [1.807, 2.05) is 36.2 Å². The fourth-order valence-corrected chi connectivity index (χ4v) is 2.70. The highest BCUT2D eigenvalue weighted by molar-refractivity contribution is 7.09. The van der Waals surface area contributed by atoms with E-state index in [1.165, 1.54) is 0 Å². The maximum absolute atomic E-state index is 12.2. The van der Waals surface area contributed by atoms with Crippen molar-refractivity contribution in [1.29, 1.82) is 0 Å². The number of carbonyl (C=O) groups is 1. The minimum atomic E-state index is -0.132. The molecular weight excluding hydrogens is 286 g/mol. The van der Waals surface area contributed by atoms with Gasteiger partial charge in [-0.15, -0.1) is 11.3 Å². The summed E-state index contributed by atoms with van der Waals surface area (Å²) in [5, 5.41) is 5.85. The molecule has 0 aliphatic heterocycles. The second kappa shape index (κ2) is 5.53. The summed E-state index contributed by atoms with van der Waals surface area (Å²) in [4.78, 5) is 23.7. The molecule has 3 rings (SSSR count). The van der Waals surface area contributed by atoms with E-state index in [0.717, 1.165) is 22.1 Å². The van der Waals surface area contributed by atoms with Crippen LogP contribution in [0.2, 0.25) is 0 Å². The van der Waals surface area contributed by atoms with Gasteiger partial charge >= 0.3 is 0 Å². The molecule has 0 spiro atoms. The van der Waals surface area contributed by atoms with Crippen molar-refractivity contribution in [3.63, 3.8) is 0 Å². The van der Waals surface area contributed by atoms with E-state index in [2.05, 4.69) is 20.3 Å². The Morgan fingerprint density at radius 1 is 1.52 bits per heavy atom. The molecular formula is C14H15N5OS. The van der Waals surface area contributed by atoms with E-state index >= 15 is 0 Å². The summed E-state index contributed by atoms with van der Waals surface area (Å²) < 4.78 is 1.81. The van der Waals surface area contributed by atoms with Crippen LogP contribution in [0.15, 0.2) is 30.0 Å². The number of hydrogen-bond donors (Lipinski definition) is 2. The number of aryl methyl sites for hydroxylation is 2. The maximum atomic E-state index is 12.2. The van der Waals surface area contributed by atoms with Gasteiger partial charge in [-0.05, 0) is 13.0 Å². The summed E-state index contributed by atoms with van der Waals surface area (Å²) in [6.07, 6.45) is 5.30. The van der Waals surface area contributed by atoms with Gasteiger partial charge in [0.05, 0.1) is 17.2 Å². The predicted molar refractivity (Wildman–Crippen MR) is 81.0 cm³/mol. The molecule has 3 heterocycles. The van der Waals surface area contributed by atoms with Gasteiger partial charge < -0.3 is 14.9 Å². The van der Waals surface area contributed by atoms with Crippen molar-refractivity contribution in [2.24, 2.45) is 7.05 Å². The van der Waals surface area contributed by atoms with E-state index in [0.29, 0.717) is 12.2 Å². The SMILES string of the molecule is Cc1nc(-c2cc(C(=O)NCc3ncc[nH]3)n(C)c2)cs1. The van der Waals surface area contributed by atoms with Crippen LogP contribution in [0.25, 0.3) is 11.3 Å². The van der Waals surface area contributed by atoms with Gasteiger partial charge in [0.25, 0.3) is 5.91 Å². The number of H-pyrrole nitrogens is 1. The molecule has 0 fully saturated rings. The number of amides is 1. The first-order chi connectivity index (χ1) is 10.1.